The number of nitrogens with one attached hydrogen (secondary N) is 2. The molecule has 2 atom stereocenters. The SMILES string of the molecule is CC1CC(C(=O)Nc2nc3c(Cl)cccc3n2C)CC(=O)N1. The summed E-state index contributed by atoms with van der Waals surface area (Å²) in [5, 5.41) is 6.16. The molecule has 1 aromatic carbocycles. The maximum Gasteiger partial charge on any atom is 0.230 e. The van der Waals surface area contributed by atoms with Crippen LogP contribution in [0.1, 0.15) is 19.8 Å². The number of hydrogen-bond acceptors (Lipinski definition) is 3. The van der Waals surface area contributed by atoms with Gasteiger partial charge in [0.1, 0.15) is 5.52 Å². The summed E-state index contributed by atoms with van der Waals surface area (Å²) in [4.78, 5) is 28.3. The third-order valence-electron chi connectivity index (χ3n) is 3.95. The van der Waals surface area contributed by atoms with Crippen molar-refractivity contribution in [1.29, 1.82) is 0 Å². The minimum absolute atomic E-state index is 0.00638. The second kappa shape index (κ2) is 5.61. The lowest BCUT2D eigenvalue weighted by atomic mass is 9.92. The summed E-state index contributed by atoms with van der Waals surface area (Å²) in [6.45, 7) is 1.90. The highest BCUT2D eigenvalue weighted by molar-refractivity contribution is 6.35. The summed E-state index contributed by atoms with van der Waals surface area (Å²) in [5.74, 6) is -0.172. The van der Waals surface area contributed by atoms with Crippen molar-refractivity contribution in [2.75, 3.05) is 5.32 Å². The van der Waals surface area contributed by atoms with Crippen molar-refractivity contribution in [3.63, 3.8) is 0 Å². The average molecular weight is 321 g/mol. The first kappa shape index (κ1) is 14.8. The van der Waals surface area contributed by atoms with E-state index in [0.29, 0.717) is 22.9 Å². The van der Waals surface area contributed by atoms with Crippen LogP contribution in [0.2, 0.25) is 5.02 Å². The Morgan fingerprint density at radius 1 is 1.50 bits per heavy atom. The monoisotopic (exact) mass is 320 g/mol. The number of carbonyl (C=O) groups excluding carboxylic acids is 2. The second-order valence-corrected chi connectivity index (χ2v) is 6.10. The predicted molar refractivity (Wildman–Crippen MR) is 84.7 cm³/mol. The largest absolute Gasteiger partial charge is 0.354 e. The number of aryl methyl sites for hydroxylation is 1. The molecule has 0 radical (unpaired) electrons. The molecule has 1 aliphatic rings. The van der Waals surface area contributed by atoms with Crippen molar-refractivity contribution in [3.05, 3.63) is 23.2 Å². The smallest absolute Gasteiger partial charge is 0.230 e. The molecule has 1 aliphatic heterocycles. The van der Waals surface area contributed by atoms with E-state index in [1.165, 1.54) is 0 Å². The third kappa shape index (κ3) is 2.66. The van der Waals surface area contributed by atoms with Crippen molar-refractivity contribution in [2.45, 2.75) is 25.8 Å². The van der Waals surface area contributed by atoms with Gasteiger partial charge in [0.15, 0.2) is 0 Å². The number of carbonyl (C=O) groups is 2. The van der Waals surface area contributed by atoms with Gasteiger partial charge in [0.25, 0.3) is 0 Å². The van der Waals surface area contributed by atoms with Gasteiger partial charge in [-0.2, -0.15) is 0 Å². The number of piperidine rings is 1. The quantitative estimate of drug-likeness (QED) is 0.889. The fourth-order valence-electron chi connectivity index (χ4n) is 2.83. The normalized spacial score (nSPS) is 21.7. The minimum Gasteiger partial charge on any atom is -0.354 e. The van der Waals surface area contributed by atoms with Crippen molar-refractivity contribution >= 4 is 40.4 Å². The number of rotatable bonds is 2. The Morgan fingerprint density at radius 2 is 2.27 bits per heavy atom. The van der Waals surface area contributed by atoms with Gasteiger partial charge < -0.3 is 9.88 Å². The number of halogens is 1. The van der Waals surface area contributed by atoms with Gasteiger partial charge in [-0.15, -0.1) is 0 Å². The van der Waals surface area contributed by atoms with Gasteiger partial charge in [0, 0.05) is 25.4 Å². The Labute approximate surface area is 132 Å². The van der Waals surface area contributed by atoms with Crippen LogP contribution in [0.5, 0.6) is 0 Å². The number of nitrogens with zero attached hydrogens (tertiary/aromatic N) is 2. The van der Waals surface area contributed by atoms with E-state index in [-0.39, 0.29) is 30.2 Å². The molecule has 3 rings (SSSR count). The Morgan fingerprint density at radius 3 is 2.95 bits per heavy atom. The molecule has 2 N–H and O–H groups in total. The van der Waals surface area contributed by atoms with Crippen molar-refractivity contribution in [1.82, 2.24) is 14.9 Å². The first-order valence-corrected chi connectivity index (χ1v) is 7.54. The zero-order valence-electron chi connectivity index (χ0n) is 12.4. The first-order valence-electron chi connectivity index (χ1n) is 7.17. The molecule has 116 valence electrons. The van der Waals surface area contributed by atoms with Gasteiger partial charge in [-0.3, -0.25) is 14.9 Å². The van der Waals surface area contributed by atoms with Crippen LogP contribution in [0.25, 0.3) is 11.0 Å². The Balaban J connectivity index is 1.84. The number of aromatic nitrogens is 2. The Hall–Kier alpha value is -2.08. The van der Waals surface area contributed by atoms with Gasteiger partial charge in [-0.25, -0.2) is 4.98 Å². The number of amides is 2. The van der Waals surface area contributed by atoms with Crippen LogP contribution in [0.4, 0.5) is 5.95 Å². The molecule has 1 aromatic heterocycles. The van der Waals surface area contributed by atoms with E-state index >= 15 is 0 Å². The van der Waals surface area contributed by atoms with E-state index in [2.05, 4.69) is 15.6 Å². The van der Waals surface area contributed by atoms with Crippen LogP contribution in [0.15, 0.2) is 18.2 Å². The van der Waals surface area contributed by atoms with E-state index in [9.17, 15) is 9.59 Å². The standard InChI is InChI=1S/C15H17ClN4O2/c1-8-6-9(7-12(21)17-8)14(22)19-15-18-13-10(16)4-3-5-11(13)20(15)2/h3-5,8-9H,6-7H2,1-2H3,(H,17,21)(H,18,19,22). The van der Waals surface area contributed by atoms with Crippen LogP contribution in [-0.4, -0.2) is 27.4 Å². The predicted octanol–water partition coefficient (Wildman–Crippen LogP) is 2.08. The Bertz CT molecular complexity index is 755. The van der Waals surface area contributed by atoms with E-state index in [0.717, 1.165) is 5.52 Å². The topological polar surface area (TPSA) is 76.0 Å². The lowest BCUT2D eigenvalue weighted by Crippen LogP contribution is -2.44. The summed E-state index contributed by atoms with van der Waals surface area (Å²) in [5.41, 5.74) is 1.49. The molecule has 0 saturated carbocycles. The molecule has 0 aliphatic carbocycles. The number of anilines is 1. The number of para-hydroxylation sites is 1. The van der Waals surface area contributed by atoms with E-state index in [1.807, 2.05) is 26.1 Å². The maximum atomic E-state index is 12.4. The molecule has 0 spiro atoms. The van der Waals surface area contributed by atoms with Crippen molar-refractivity contribution in [2.24, 2.45) is 13.0 Å². The number of fused-ring (bicyclic) bond motifs is 1. The molecule has 0 bridgehead atoms. The van der Waals surface area contributed by atoms with Crippen LogP contribution in [0, 0.1) is 5.92 Å². The molecule has 6 nitrogen and oxygen atoms in total. The second-order valence-electron chi connectivity index (χ2n) is 5.70. The summed E-state index contributed by atoms with van der Waals surface area (Å²) < 4.78 is 1.78. The highest BCUT2D eigenvalue weighted by atomic mass is 35.5. The molecular weight excluding hydrogens is 304 g/mol. The van der Waals surface area contributed by atoms with Crippen LogP contribution in [-0.2, 0) is 16.6 Å². The zero-order chi connectivity index (χ0) is 15.9. The minimum atomic E-state index is -0.334. The average Bonchev–Trinajstić information content (AvgIpc) is 2.76. The summed E-state index contributed by atoms with van der Waals surface area (Å²) in [6.07, 6.45) is 0.836. The lowest BCUT2D eigenvalue weighted by molar-refractivity contribution is -0.130. The lowest BCUT2D eigenvalue weighted by Gasteiger charge is -2.26. The summed E-state index contributed by atoms with van der Waals surface area (Å²) in [7, 11) is 1.82. The van der Waals surface area contributed by atoms with Crippen LogP contribution >= 0.6 is 11.6 Å². The molecule has 2 heterocycles. The Kier molecular flexibility index (Phi) is 3.78. The van der Waals surface area contributed by atoms with E-state index < -0.39 is 0 Å². The molecule has 7 heteroatoms. The fraction of sp³-hybridized carbons (Fsp3) is 0.400. The van der Waals surface area contributed by atoms with Gasteiger partial charge in [0.05, 0.1) is 10.5 Å². The maximum absolute atomic E-state index is 12.4. The molecular formula is C15H17ClN4O2. The zero-order valence-corrected chi connectivity index (χ0v) is 13.1. The molecule has 2 unspecified atom stereocenters. The molecule has 1 saturated heterocycles. The fourth-order valence-corrected chi connectivity index (χ4v) is 3.04. The highest BCUT2D eigenvalue weighted by Gasteiger charge is 2.30. The van der Waals surface area contributed by atoms with Crippen molar-refractivity contribution < 1.29 is 9.59 Å². The van der Waals surface area contributed by atoms with Gasteiger partial charge in [0.2, 0.25) is 17.8 Å². The molecule has 22 heavy (non-hydrogen) atoms. The first-order chi connectivity index (χ1) is 10.5. The molecule has 1 fully saturated rings. The summed E-state index contributed by atoms with van der Waals surface area (Å²) in [6, 6.07) is 5.49. The molecule has 2 amide bonds. The molecule has 2 aromatic rings. The van der Waals surface area contributed by atoms with Gasteiger partial charge in [-0.05, 0) is 25.5 Å². The van der Waals surface area contributed by atoms with Crippen molar-refractivity contribution in [3.8, 4) is 0 Å². The van der Waals surface area contributed by atoms with E-state index in [1.54, 1.807) is 10.6 Å². The van der Waals surface area contributed by atoms with Crippen LogP contribution in [0.3, 0.4) is 0 Å². The third-order valence-corrected chi connectivity index (χ3v) is 4.25. The van der Waals surface area contributed by atoms with Gasteiger partial charge >= 0.3 is 0 Å². The van der Waals surface area contributed by atoms with Crippen LogP contribution < -0.4 is 10.6 Å². The van der Waals surface area contributed by atoms with E-state index in [4.69, 9.17) is 11.6 Å². The summed E-state index contributed by atoms with van der Waals surface area (Å²) >= 11 is 6.12. The number of benzene rings is 1. The van der Waals surface area contributed by atoms with Gasteiger partial charge in [-0.1, -0.05) is 17.7 Å². The number of hydrogen-bond donors (Lipinski definition) is 2. The highest BCUT2D eigenvalue weighted by Crippen LogP contribution is 2.26. The number of imidazole rings is 1.